The monoisotopic (exact) mass is 218 g/mol. The van der Waals surface area contributed by atoms with Crippen LogP contribution in [0, 0.1) is 11.3 Å². The molecule has 0 spiro atoms. The van der Waals surface area contributed by atoms with E-state index in [0.29, 0.717) is 6.42 Å². The number of nitrogens with one attached hydrogen (secondary N) is 1. The largest absolute Gasteiger partial charge is 0.496 e. The number of nitriles is 1. The third kappa shape index (κ3) is 2.98. The zero-order chi connectivity index (χ0) is 12.0. The Labute approximate surface area is 97.0 Å². The topological polar surface area (TPSA) is 45.0 Å². The van der Waals surface area contributed by atoms with Gasteiger partial charge in [-0.15, -0.1) is 0 Å². The van der Waals surface area contributed by atoms with E-state index in [9.17, 15) is 5.26 Å². The van der Waals surface area contributed by atoms with E-state index in [1.54, 1.807) is 7.11 Å². The maximum atomic E-state index is 9.19. The van der Waals surface area contributed by atoms with Crippen LogP contribution in [0.5, 0.6) is 5.75 Å². The highest BCUT2D eigenvalue weighted by atomic mass is 16.5. The molecule has 0 saturated carbocycles. The quantitative estimate of drug-likeness (QED) is 0.823. The first-order valence-corrected chi connectivity index (χ1v) is 5.43. The highest BCUT2D eigenvalue weighted by Gasteiger charge is 2.24. The summed E-state index contributed by atoms with van der Waals surface area (Å²) in [4.78, 5) is 0. The van der Waals surface area contributed by atoms with Gasteiger partial charge in [-0.05, 0) is 25.1 Å². The van der Waals surface area contributed by atoms with Crippen LogP contribution in [0.2, 0.25) is 0 Å². The summed E-state index contributed by atoms with van der Waals surface area (Å²) in [7, 11) is 1.65. The second-order valence-electron chi connectivity index (χ2n) is 3.96. The van der Waals surface area contributed by atoms with Crippen LogP contribution in [-0.4, -0.2) is 19.2 Å². The minimum absolute atomic E-state index is 0.538. The highest BCUT2D eigenvalue weighted by Crippen LogP contribution is 2.22. The van der Waals surface area contributed by atoms with Gasteiger partial charge >= 0.3 is 0 Å². The van der Waals surface area contributed by atoms with Crippen molar-refractivity contribution in [3.63, 3.8) is 0 Å². The molecule has 0 aromatic heterocycles. The third-order valence-corrected chi connectivity index (χ3v) is 2.55. The molecule has 1 rings (SSSR count). The van der Waals surface area contributed by atoms with Crippen molar-refractivity contribution in [3.8, 4) is 11.8 Å². The molecule has 0 saturated heterocycles. The molecule has 1 unspecified atom stereocenters. The molecular formula is C13H18N2O. The molecule has 1 aromatic rings. The van der Waals surface area contributed by atoms with E-state index in [0.717, 1.165) is 17.9 Å². The van der Waals surface area contributed by atoms with E-state index < -0.39 is 5.54 Å². The van der Waals surface area contributed by atoms with E-state index in [4.69, 9.17) is 4.74 Å². The summed E-state index contributed by atoms with van der Waals surface area (Å²) in [6.45, 7) is 4.68. The van der Waals surface area contributed by atoms with E-state index >= 15 is 0 Å². The Balaban J connectivity index is 2.90. The maximum absolute atomic E-state index is 9.19. The first kappa shape index (κ1) is 12.5. The van der Waals surface area contributed by atoms with Crippen LogP contribution in [-0.2, 0) is 6.42 Å². The van der Waals surface area contributed by atoms with Gasteiger partial charge < -0.3 is 4.74 Å². The number of hydrogen-bond acceptors (Lipinski definition) is 3. The first-order chi connectivity index (χ1) is 7.65. The summed E-state index contributed by atoms with van der Waals surface area (Å²) >= 11 is 0. The molecule has 1 atom stereocenters. The molecule has 0 fully saturated rings. The van der Waals surface area contributed by atoms with Crippen molar-refractivity contribution in [2.24, 2.45) is 0 Å². The van der Waals surface area contributed by atoms with Gasteiger partial charge in [0.15, 0.2) is 0 Å². The average Bonchev–Trinajstić information content (AvgIpc) is 2.30. The number of para-hydroxylation sites is 1. The Morgan fingerprint density at radius 1 is 1.44 bits per heavy atom. The zero-order valence-corrected chi connectivity index (χ0v) is 10.1. The predicted molar refractivity (Wildman–Crippen MR) is 64.4 cm³/mol. The summed E-state index contributed by atoms with van der Waals surface area (Å²) in [6.07, 6.45) is 0.640. The van der Waals surface area contributed by atoms with Gasteiger partial charge in [0.05, 0.1) is 13.2 Å². The van der Waals surface area contributed by atoms with E-state index in [1.807, 2.05) is 38.1 Å². The number of hydrogen-bond donors (Lipinski definition) is 1. The van der Waals surface area contributed by atoms with Crippen molar-refractivity contribution >= 4 is 0 Å². The fourth-order valence-corrected chi connectivity index (χ4v) is 1.76. The average molecular weight is 218 g/mol. The lowest BCUT2D eigenvalue weighted by atomic mass is 9.94. The summed E-state index contributed by atoms with van der Waals surface area (Å²) in [5.41, 5.74) is 0.513. The second-order valence-corrected chi connectivity index (χ2v) is 3.96. The Bertz CT molecular complexity index is 384. The van der Waals surface area contributed by atoms with Crippen LogP contribution in [0.25, 0.3) is 0 Å². The number of nitrogens with zero attached hydrogens (tertiary/aromatic N) is 1. The zero-order valence-electron chi connectivity index (χ0n) is 10.1. The molecule has 1 aromatic carbocycles. The van der Waals surface area contributed by atoms with E-state index in [1.165, 1.54) is 0 Å². The molecule has 0 aliphatic carbocycles. The molecule has 1 N–H and O–H groups in total. The fourth-order valence-electron chi connectivity index (χ4n) is 1.76. The van der Waals surface area contributed by atoms with Crippen molar-refractivity contribution in [3.05, 3.63) is 29.8 Å². The number of methoxy groups -OCH3 is 1. The maximum Gasteiger partial charge on any atom is 0.122 e. The number of ether oxygens (including phenoxy) is 1. The van der Waals surface area contributed by atoms with E-state index in [-0.39, 0.29) is 0 Å². The van der Waals surface area contributed by atoms with Crippen LogP contribution in [0.1, 0.15) is 19.4 Å². The number of benzene rings is 1. The Kier molecular flexibility index (Phi) is 4.33. The van der Waals surface area contributed by atoms with Crippen LogP contribution in [0.15, 0.2) is 24.3 Å². The minimum Gasteiger partial charge on any atom is -0.496 e. The molecule has 3 heteroatoms. The molecule has 0 aliphatic rings. The normalized spacial score (nSPS) is 13.9. The predicted octanol–water partition coefficient (Wildman–Crippen LogP) is 2.13. The molecule has 0 amide bonds. The van der Waals surface area contributed by atoms with Crippen molar-refractivity contribution < 1.29 is 4.74 Å². The molecular weight excluding hydrogens is 200 g/mol. The van der Waals surface area contributed by atoms with Crippen LogP contribution >= 0.6 is 0 Å². The van der Waals surface area contributed by atoms with Crippen LogP contribution in [0.3, 0.4) is 0 Å². The van der Waals surface area contributed by atoms with Gasteiger partial charge in [0.25, 0.3) is 0 Å². The molecule has 16 heavy (non-hydrogen) atoms. The van der Waals surface area contributed by atoms with Gasteiger partial charge in [0, 0.05) is 6.42 Å². The number of likely N-dealkylation sites (N-methyl/N-ethyl adjacent to an activating group) is 1. The molecule has 0 radical (unpaired) electrons. The lowest BCUT2D eigenvalue weighted by molar-refractivity contribution is 0.397. The Hall–Kier alpha value is -1.53. The van der Waals surface area contributed by atoms with Gasteiger partial charge in [-0.25, -0.2) is 0 Å². The summed E-state index contributed by atoms with van der Waals surface area (Å²) in [5, 5.41) is 12.4. The molecule has 0 aliphatic heterocycles. The minimum atomic E-state index is -0.538. The molecule has 0 heterocycles. The van der Waals surface area contributed by atoms with E-state index in [2.05, 4.69) is 11.4 Å². The third-order valence-electron chi connectivity index (χ3n) is 2.55. The van der Waals surface area contributed by atoms with Gasteiger partial charge in [-0.1, -0.05) is 25.1 Å². The summed E-state index contributed by atoms with van der Waals surface area (Å²) < 4.78 is 5.28. The number of rotatable bonds is 5. The van der Waals surface area contributed by atoms with Crippen molar-refractivity contribution in [1.29, 1.82) is 5.26 Å². The summed E-state index contributed by atoms with van der Waals surface area (Å²) in [5.74, 6) is 0.835. The lowest BCUT2D eigenvalue weighted by Gasteiger charge is -2.23. The SMILES string of the molecule is CCNC(C)(C#N)Cc1ccccc1OC. The fraction of sp³-hybridized carbons (Fsp3) is 0.462. The Morgan fingerprint density at radius 2 is 2.12 bits per heavy atom. The molecule has 86 valence electrons. The molecule has 0 bridgehead atoms. The van der Waals surface area contributed by atoms with Gasteiger partial charge in [-0.2, -0.15) is 5.26 Å². The van der Waals surface area contributed by atoms with Crippen molar-refractivity contribution in [2.75, 3.05) is 13.7 Å². The van der Waals surface area contributed by atoms with Crippen LogP contribution < -0.4 is 10.1 Å². The van der Waals surface area contributed by atoms with Crippen molar-refractivity contribution in [2.45, 2.75) is 25.8 Å². The highest BCUT2D eigenvalue weighted by molar-refractivity contribution is 5.35. The van der Waals surface area contributed by atoms with Crippen molar-refractivity contribution in [1.82, 2.24) is 5.32 Å². The smallest absolute Gasteiger partial charge is 0.122 e. The first-order valence-electron chi connectivity index (χ1n) is 5.43. The van der Waals surface area contributed by atoms with Gasteiger partial charge in [0.1, 0.15) is 11.3 Å². The molecule has 3 nitrogen and oxygen atoms in total. The lowest BCUT2D eigenvalue weighted by Crippen LogP contribution is -2.42. The summed E-state index contributed by atoms with van der Waals surface area (Å²) in [6, 6.07) is 10.1. The Morgan fingerprint density at radius 3 is 2.69 bits per heavy atom. The second kappa shape index (κ2) is 5.53. The standard InChI is InChI=1S/C13H18N2O/c1-4-15-13(2,10-14)9-11-7-5-6-8-12(11)16-3/h5-8,15H,4,9H2,1-3H3. The van der Waals surface area contributed by atoms with Crippen LogP contribution in [0.4, 0.5) is 0 Å². The van der Waals surface area contributed by atoms with Gasteiger partial charge in [0.2, 0.25) is 0 Å². The van der Waals surface area contributed by atoms with Gasteiger partial charge in [-0.3, -0.25) is 5.32 Å².